The first-order valence-electron chi connectivity index (χ1n) is 6.54. The number of ether oxygens (including phenoxy) is 1. The molecular weight excluding hydrogens is 343 g/mol. The molecule has 1 aromatic rings. The smallest absolute Gasteiger partial charge is 0.319 e. The van der Waals surface area contributed by atoms with Crippen LogP contribution < -0.4 is 0 Å². The van der Waals surface area contributed by atoms with E-state index in [0.29, 0.717) is 36.2 Å². The van der Waals surface area contributed by atoms with Gasteiger partial charge in [-0.3, -0.25) is 14.5 Å². The lowest BCUT2D eigenvalue weighted by atomic mass is 10.1. The van der Waals surface area contributed by atoms with Gasteiger partial charge in [-0.25, -0.2) is 4.39 Å². The largest absolute Gasteiger partial charge is 0.468 e. The fourth-order valence-electron chi connectivity index (χ4n) is 2.17. The van der Waals surface area contributed by atoms with E-state index in [1.54, 1.807) is 11.0 Å². The number of esters is 1. The van der Waals surface area contributed by atoms with Crippen molar-refractivity contribution in [2.75, 3.05) is 39.8 Å². The van der Waals surface area contributed by atoms with Crippen molar-refractivity contribution in [2.45, 2.75) is 0 Å². The number of methoxy groups -OCH3 is 1. The van der Waals surface area contributed by atoms with Crippen molar-refractivity contribution in [3.05, 3.63) is 34.1 Å². The third kappa shape index (κ3) is 4.01. The van der Waals surface area contributed by atoms with E-state index < -0.39 is 5.82 Å². The monoisotopic (exact) mass is 358 g/mol. The summed E-state index contributed by atoms with van der Waals surface area (Å²) in [5.41, 5.74) is 0.331. The Kier molecular flexibility index (Phi) is 5.30. The molecule has 1 aromatic carbocycles. The van der Waals surface area contributed by atoms with Crippen LogP contribution >= 0.6 is 15.9 Å². The highest BCUT2D eigenvalue weighted by atomic mass is 79.9. The molecule has 0 aliphatic carbocycles. The van der Waals surface area contributed by atoms with Gasteiger partial charge in [0.25, 0.3) is 5.91 Å². The quantitative estimate of drug-likeness (QED) is 0.768. The summed E-state index contributed by atoms with van der Waals surface area (Å²) in [7, 11) is 1.35. The number of carbonyl (C=O) groups excluding carboxylic acids is 2. The molecule has 0 atom stereocenters. The average molecular weight is 359 g/mol. The van der Waals surface area contributed by atoms with Gasteiger partial charge in [-0.05, 0) is 34.1 Å². The number of hydrogen-bond acceptors (Lipinski definition) is 4. The summed E-state index contributed by atoms with van der Waals surface area (Å²) in [6.07, 6.45) is 0. The number of piperazine rings is 1. The Bertz CT molecular complexity index is 545. The maximum Gasteiger partial charge on any atom is 0.319 e. The van der Waals surface area contributed by atoms with Crippen molar-refractivity contribution >= 4 is 27.8 Å². The van der Waals surface area contributed by atoms with Crippen molar-refractivity contribution in [1.82, 2.24) is 9.80 Å². The standard InChI is InChI=1S/C14H16BrFN2O3/c1-21-13(19)9-17-4-6-18(7-5-17)14(20)10-2-3-11(15)12(16)8-10/h2-3,8H,4-7,9H2,1H3. The van der Waals surface area contributed by atoms with Gasteiger partial charge in [0.15, 0.2) is 0 Å². The molecule has 1 aliphatic heterocycles. The van der Waals surface area contributed by atoms with Crippen LogP contribution in [0.4, 0.5) is 4.39 Å². The van der Waals surface area contributed by atoms with E-state index in [4.69, 9.17) is 0 Å². The molecule has 0 unspecified atom stereocenters. The lowest BCUT2D eigenvalue weighted by Gasteiger charge is -2.34. The third-order valence-electron chi connectivity index (χ3n) is 3.41. The second kappa shape index (κ2) is 7.00. The van der Waals surface area contributed by atoms with Gasteiger partial charge in [0, 0.05) is 31.7 Å². The number of rotatable bonds is 3. The molecule has 1 fully saturated rings. The highest BCUT2D eigenvalue weighted by Crippen LogP contribution is 2.18. The SMILES string of the molecule is COC(=O)CN1CCN(C(=O)c2ccc(Br)c(F)c2)CC1. The summed E-state index contributed by atoms with van der Waals surface area (Å²) >= 11 is 3.06. The molecule has 1 amide bonds. The Morgan fingerprint density at radius 3 is 2.52 bits per heavy atom. The van der Waals surface area contributed by atoms with Crippen molar-refractivity contribution in [1.29, 1.82) is 0 Å². The molecule has 21 heavy (non-hydrogen) atoms. The molecule has 1 aliphatic rings. The molecule has 1 saturated heterocycles. The Balaban J connectivity index is 1.93. The fraction of sp³-hybridized carbons (Fsp3) is 0.429. The molecule has 7 heteroatoms. The normalized spacial score (nSPS) is 15.9. The molecule has 0 N–H and O–H groups in total. The number of nitrogens with zero attached hydrogens (tertiary/aromatic N) is 2. The first-order chi connectivity index (χ1) is 10.0. The van der Waals surface area contributed by atoms with Crippen LogP contribution in [0.2, 0.25) is 0 Å². The summed E-state index contributed by atoms with van der Waals surface area (Å²) < 4.78 is 18.4. The van der Waals surface area contributed by atoms with E-state index in [0.717, 1.165) is 0 Å². The molecular formula is C14H16BrFN2O3. The van der Waals surface area contributed by atoms with E-state index in [1.807, 2.05) is 4.90 Å². The van der Waals surface area contributed by atoms with E-state index in [2.05, 4.69) is 20.7 Å². The van der Waals surface area contributed by atoms with Gasteiger partial charge < -0.3 is 9.64 Å². The fourth-order valence-corrected chi connectivity index (χ4v) is 2.41. The van der Waals surface area contributed by atoms with E-state index >= 15 is 0 Å². The summed E-state index contributed by atoms with van der Waals surface area (Å²) in [5, 5.41) is 0. The maximum absolute atomic E-state index is 13.5. The van der Waals surface area contributed by atoms with Crippen LogP contribution in [-0.4, -0.2) is 61.5 Å². The van der Waals surface area contributed by atoms with Crippen LogP contribution in [-0.2, 0) is 9.53 Å². The second-order valence-corrected chi connectivity index (χ2v) is 5.63. The number of halogens is 2. The van der Waals surface area contributed by atoms with Crippen molar-refractivity contribution in [2.24, 2.45) is 0 Å². The first kappa shape index (κ1) is 15.9. The summed E-state index contributed by atoms with van der Waals surface area (Å²) in [6.45, 7) is 2.44. The highest BCUT2D eigenvalue weighted by molar-refractivity contribution is 9.10. The molecule has 0 radical (unpaired) electrons. The maximum atomic E-state index is 13.5. The predicted octanol–water partition coefficient (Wildman–Crippen LogP) is 1.52. The highest BCUT2D eigenvalue weighted by Gasteiger charge is 2.23. The van der Waals surface area contributed by atoms with Gasteiger partial charge in [0.2, 0.25) is 0 Å². The zero-order chi connectivity index (χ0) is 15.4. The van der Waals surface area contributed by atoms with E-state index in [1.165, 1.54) is 19.2 Å². The van der Waals surface area contributed by atoms with Crippen LogP contribution in [0.1, 0.15) is 10.4 Å². The minimum atomic E-state index is -0.454. The number of carbonyl (C=O) groups is 2. The molecule has 114 valence electrons. The Labute approximate surface area is 130 Å². The minimum Gasteiger partial charge on any atom is -0.468 e. The topological polar surface area (TPSA) is 49.9 Å². The Morgan fingerprint density at radius 1 is 1.29 bits per heavy atom. The van der Waals surface area contributed by atoms with Gasteiger partial charge >= 0.3 is 5.97 Å². The Morgan fingerprint density at radius 2 is 1.95 bits per heavy atom. The lowest BCUT2D eigenvalue weighted by Crippen LogP contribution is -2.50. The van der Waals surface area contributed by atoms with Gasteiger partial charge in [-0.2, -0.15) is 0 Å². The lowest BCUT2D eigenvalue weighted by molar-refractivity contribution is -0.142. The summed E-state index contributed by atoms with van der Waals surface area (Å²) in [4.78, 5) is 27.1. The van der Waals surface area contributed by atoms with E-state index in [9.17, 15) is 14.0 Å². The number of amides is 1. The number of benzene rings is 1. The van der Waals surface area contributed by atoms with Gasteiger partial charge in [-0.1, -0.05) is 0 Å². The number of hydrogen-bond donors (Lipinski definition) is 0. The average Bonchev–Trinajstić information content (AvgIpc) is 2.50. The second-order valence-electron chi connectivity index (χ2n) is 4.77. The van der Waals surface area contributed by atoms with Crippen LogP contribution in [0.25, 0.3) is 0 Å². The summed E-state index contributed by atoms with van der Waals surface area (Å²) in [5.74, 6) is -0.936. The molecule has 0 saturated carbocycles. The molecule has 2 rings (SSSR count). The molecule has 5 nitrogen and oxygen atoms in total. The van der Waals surface area contributed by atoms with Crippen LogP contribution in [0, 0.1) is 5.82 Å². The first-order valence-corrected chi connectivity index (χ1v) is 7.34. The van der Waals surface area contributed by atoms with E-state index in [-0.39, 0.29) is 18.4 Å². The van der Waals surface area contributed by atoms with Gasteiger partial charge in [-0.15, -0.1) is 0 Å². The molecule has 0 aromatic heterocycles. The Hall–Kier alpha value is -1.47. The molecule has 1 heterocycles. The van der Waals surface area contributed by atoms with Crippen molar-refractivity contribution in [3.8, 4) is 0 Å². The minimum absolute atomic E-state index is 0.195. The van der Waals surface area contributed by atoms with Crippen molar-refractivity contribution < 1.29 is 18.7 Å². The van der Waals surface area contributed by atoms with Gasteiger partial charge in [0.05, 0.1) is 18.1 Å². The third-order valence-corrected chi connectivity index (χ3v) is 4.05. The van der Waals surface area contributed by atoms with Crippen molar-refractivity contribution in [3.63, 3.8) is 0 Å². The van der Waals surface area contributed by atoms with Crippen LogP contribution in [0.3, 0.4) is 0 Å². The van der Waals surface area contributed by atoms with Gasteiger partial charge in [0.1, 0.15) is 5.82 Å². The molecule has 0 bridgehead atoms. The molecule has 0 spiro atoms. The zero-order valence-corrected chi connectivity index (χ0v) is 13.2. The summed E-state index contributed by atoms with van der Waals surface area (Å²) in [6, 6.07) is 4.35. The predicted molar refractivity (Wildman–Crippen MR) is 78.5 cm³/mol. The van der Waals surface area contributed by atoms with Crippen LogP contribution in [0.5, 0.6) is 0 Å². The zero-order valence-electron chi connectivity index (χ0n) is 11.6. The van der Waals surface area contributed by atoms with Crippen LogP contribution in [0.15, 0.2) is 22.7 Å².